The minimum absolute atomic E-state index is 0.0241. The molecule has 8 nitrogen and oxygen atoms in total. The van der Waals surface area contributed by atoms with E-state index in [9.17, 15) is 14.7 Å². The summed E-state index contributed by atoms with van der Waals surface area (Å²) in [5.41, 5.74) is 5.54. The maximum absolute atomic E-state index is 12.7. The predicted octanol–water partition coefficient (Wildman–Crippen LogP) is 5.79. The average Bonchev–Trinajstić information content (AvgIpc) is 3.29. The number of methoxy groups -OCH3 is 2. The van der Waals surface area contributed by atoms with Crippen LogP contribution < -0.4 is 4.90 Å². The van der Waals surface area contributed by atoms with Gasteiger partial charge in [0.15, 0.2) is 0 Å². The molecule has 0 saturated heterocycles. The van der Waals surface area contributed by atoms with Crippen molar-refractivity contribution in [2.24, 2.45) is 0 Å². The summed E-state index contributed by atoms with van der Waals surface area (Å²) in [6, 6.07) is 12.0. The number of ether oxygens (including phenoxy) is 2. The zero-order valence-electron chi connectivity index (χ0n) is 22.6. The van der Waals surface area contributed by atoms with Crippen molar-refractivity contribution >= 4 is 28.8 Å². The fraction of sp³-hybridized carbons (Fsp3) is 0.500. The van der Waals surface area contributed by atoms with Crippen molar-refractivity contribution < 1.29 is 24.2 Å². The van der Waals surface area contributed by atoms with Gasteiger partial charge in [0.2, 0.25) is 0 Å². The van der Waals surface area contributed by atoms with E-state index in [0.29, 0.717) is 6.42 Å². The van der Waals surface area contributed by atoms with Crippen LogP contribution in [0.1, 0.15) is 73.5 Å². The van der Waals surface area contributed by atoms with E-state index in [0.717, 1.165) is 77.8 Å². The fourth-order valence-corrected chi connectivity index (χ4v) is 6.33. The lowest BCUT2D eigenvalue weighted by Crippen LogP contribution is -2.42. The molecule has 2 aliphatic rings. The lowest BCUT2D eigenvalue weighted by Gasteiger charge is -2.34. The molecule has 1 aliphatic heterocycles. The monoisotopic (exact) mass is 519 g/mol. The summed E-state index contributed by atoms with van der Waals surface area (Å²) >= 11 is 0. The number of anilines is 1. The number of hydrogen-bond donors (Lipinski definition) is 1. The number of amides is 1. The van der Waals surface area contributed by atoms with E-state index in [-0.39, 0.29) is 24.3 Å². The number of hydrogen-bond acceptors (Lipinski definition) is 5. The number of nitrogens with zero attached hydrogens (tertiary/aromatic N) is 3. The number of rotatable bonds is 6. The molecule has 1 fully saturated rings. The number of aromatic nitrogens is 2. The normalized spacial score (nSPS) is 22.2. The molecule has 1 aromatic heterocycles. The first-order valence-corrected chi connectivity index (χ1v) is 13.5. The van der Waals surface area contributed by atoms with Crippen molar-refractivity contribution in [1.29, 1.82) is 0 Å². The molecule has 5 rings (SSSR count). The molecule has 1 saturated carbocycles. The lowest BCUT2D eigenvalue weighted by atomic mass is 9.91. The van der Waals surface area contributed by atoms with Crippen LogP contribution >= 0.6 is 0 Å². The summed E-state index contributed by atoms with van der Waals surface area (Å²) in [6.07, 6.45) is 5.59. The maximum Gasteiger partial charge on any atom is 0.414 e. The average molecular weight is 520 g/mol. The highest BCUT2D eigenvalue weighted by molar-refractivity contribution is 5.95. The first-order valence-electron chi connectivity index (χ1n) is 13.5. The number of aliphatic carboxylic acids is 1. The maximum atomic E-state index is 12.7. The summed E-state index contributed by atoms with van der Waals surface area (Å²) in [4.78, 5) is 32.0. The third-order valence-electron chi connectivity index (χ3n) is 8.37. The van der Waals surface area contributed by atoms with Crippen molar-refractivity contribution in [3.05, 3.63) is 58.9 Å². The highest BCUT2D eigenvalue weighted by atomic mass is 16.5. The highest BCUT2D eigenvalue weighted by Crippen LogP contribution is 2.40. The van der Waals surface area contributed by atoms with Gasteiger partial charge in [0.25, 0.3) is 0 Å². The smallest absolute Gasteiger partial charge is 0.414 e. The van der Waals surface area contributed by atoms with E-state index in [1.54, 1.807) is 12.0 Å². The molecular weight excluding hydrogens is 482 g/mol. The first-order chi connectivity index (χ1) is 18.3. The van der Waals surface area contributed by atoms with Crippen molar-refractivity contribution in [3.8, 4) is 0 Å². The molecular formula is C30H37N3O5. The van der Waals surface area contributed by atoms with Gasteiger partial charge < -0.3 is 19.1 Å². The molecule has 38 heavy (non-hydrogen) atoms. The number of benzene rings is 2. The van der Waals surface area contributed by atoms with Crippen molar-refractivity contribution in [3.63, 3.8) is 0 Å². The molecule has 1 unspecified atom stereocenters. The summed E-state index contributed by atoms with van der Waals surface area (Å²) in [5, 5.41) is 10.3. The molecule has 2 aromatic carbocycles. The SMILES string of the molecule is COC(=O)N1c2ccc3c(nc(CC(C(=O)O)c4cccc(C)c4)n3[C@H]3CC[C@H](OC)CC3)c2CC[C@@H]1C. The largest absolute Gasteiger partial charge is 0.481 e. The second-order valence-electron chi connectivity index (χ2n) is 10.7. The van der Waals surface area contributed by atoms with Crippen molar-refractivity contribution in [2.75, 3.05) is 19.1 Å². The molecule has 0 radical (unpaired) electrons. The van der Waals surface area contributed by atoms with Gasteiger partial charge in [-0.1, -0.05) is 29.8 Å². The second kappa shape index (κ2) is 10.8. The van der Waals surface area contributed by atoms with Crippen LogP contribution in [0.5, 0.6) is 0 Å². The second-order valence-corrected chi connectivity index (χ2v) is 10.7. The molecule has 202 valence electrons. The Morgan fingerprint density at radius 3 is 2.53 bits per heavy atom. The minimum atomic E-state index is -0.856. The molecule has 3 aromatic rings. The lowest BCUT2D eigenvalue weighted by molar-refractivity contribution is -0.138. The quantitative estimate of drug-likeness (QED) is 0.443. The Kier molecular flexibility index (Phi) is 7.43. The van der Waals surface area contributed by atoms with Crippen LogP contribution in [-0.4, -0.2) is 53.1 Å². The van der Waals surface area contributed by atoms with E-state index in [4.69, 9.17) is 14.5 Å². The van der Waals surface area contributed by atoms with Gasteiger partial charge in [0, 0.05) is 31.2 Å². The standard InChI is InChI=1S/C30H37N3O5/c1-18-6-5-7-20(16-18)24(29(34)35)17-27-31-28-23-13-8-19(2)32(30(36)38-4)25(23)14-15-26(28)33(27)21-9-11-22(37-3)12-10-21/h5-7,14-16,19,21-22,24H,8-13,17H2,1-4H3,(H,34,35)/t19-,21-,22-,24?/m0/s1. The Morgan fingerprint density at radius 1 is 1.11 bits per heavy atom. The molecule has 2 atom stereocenters. The van der Waals surface area contributed by atoms with Gasteiger partial charge >= 0.3 is 12.1 Å². The Bertz CT molecular complexity index is 1340. The first kappa shape index (κ1) is 26.2. The van der Waals surface area contributed by atoms with Gasteiger partial charge in [-0.3, -0.25) is 9.69 Å². The molecule has 1 amide bonds. The van der Waals surface area contributed by atoms with E-state index in [1.165, 1.54) is 7.11 Å². The number of carboxylic acids is 1. The van der Waals surface area contributed by atoms with E-state index < -0.39 is 11.9 Å². The number of carbonyl (C=O) groups is 2. The predicted molar refractivity (Wildman–Crippen MR) is 146 cm³/mol. The molecule has 8 heteroatoms. The Morgan fingerprint density at radius 2 is 1.87 bits per heavy atom. The Balaban J connectivity index is 1.63. The van der Waals surface area contributed by atoms with Gasteiger partial charge in [-0.05, 0) is 70.1 Å². The zero-order chi connectivity index (χ0) is 27.0. The van der Waals surface area contributed by atoms with Crippen molar-refractivity contribution in [2.45, 2.75) is 82.9 Å². The minimum Gasteiger partial charge on any atom is -0.481 e. The van der Waals surface area contributed by atoms with E-state index in [1.807, 2.05) is 50.2 Å². The third-order valence-corrected chi connectivity index (χ3v) is 8.37. The number of carbonyl (C=O) groups excluding carboxylic acids is 1. The summed E-state index contributed by atoms with van der Waals surface area (Å²) < 4.78 is 13.0. The van der Waals surface area contributed by atoms with E-state index in [2.05, 4.69) is 4.57 Å². The summed E-state index contributed by atoms with van der Waals surface area (Å²) in [6.45, 7) is 4.01. The van der Waals surface area contributed by atoms with Crippen LogP contribution in [0, 0.1) is 6.92 Å². The molecule has 2 heterocycles. The third kappa shape index (κ3) is 4.77. The van der Waals surface area contributed by atoms with Crippen LogP contribution in [0.15, 0.2) is 36.4 Å². The van der Waals surface area contributed by atoms with Crippen LogP contribution in [0.2, 0.25) is 0 Å². The van der Waals surface area contributed by atoms with Gasteiger partial charge in [-0.15, -0.1) is 0 Å². The number of aryl methyl sites for hydroxylation is 2. The van der Waals surface area contributed by atoms with E-state index >= 15 is 0 Å². The number of imidazole rings is 1. The zero-order valence-corrected chi connectivity index (χ0v) is 22.6. The Hall–Kier alpha value is -3.39. The number of fused-ring (bicyclic) bond motifs is 3. The Labute approximate surface area is 223 Å². The molecule has 0 spiro atoms. The number of carboxylic acid groups (broad SMARTS) is 1. The highest BCUT2D eigenvalue weighted by Gasteiger charge is 2.34. The fourth-order valence-electron chi connectivity index (χ4n) is 6.33. The van der Waals surface area contributed by atoms with Crippen LogP contribution in [0.4, 0.5) is 10.5 Å². The molecule has 1 N–H and O–H groups in total. The van der Waals surface area contributed by atoms with Crippen LogP contribution in [-0.2, 0) is 27.1 Å². The van der Waals surface area contributed by atoms with Gasteiger partial charge in [0.1, 0.15) is 5.82 Å². The topological polar surface area (TPSA) is 93.9 Å². The molecule has 1 aliphatic carbocycles. The van der Waals surface area contributed by atoms with Gasteiger partial charge in [-0.25, -0.2) is 9.78 Å². The van der Waals surface area contributed by atoms with Gasteiger partial charge in [-0.2, -0.15) is 0 Å². The summed E-state index contributed by atoms with van der Waals surface area (Å²) in [7, 11) is 3.17. The van der Waals surface area contributed by atoms with Crippen molar-refractivity contribution in [1.82, 2.24) is 9.55 Å². The van der Waals surface area contributed by atoms with Crippen LogP contribution in [0.25, 0.3) is 11.0 Å². The van der Waals surface area contributed by atoms with Gasteiger partial charge in [0.05, 0.1) is 35.9 Å². The van der Waals surface area contributed by atoms with Crippen LogP contribution in [0.3, 0.4) is 0 Å². The summed E-state index contributed by atoms with van der Waals surface area (Å²) in [5.74, 6) is -0.778. The molecule has 0 bridgehead atoms.